The van der Waals surface area contributed by atoms with Gasteiger partial charge in [-0.1, -0.05) is 20.8 Å². The van der Waals surface area contributed by atoms with Crippen molar-refractivity contribution in [3.63, 3.8) is 0 Å². The van der Waals surface area contributed by atoms with E-state index in [9.17, 15) is 9.59 Å². The van der Waals surface area contributed by atoms with E-state index in [1.165, 1.54) is 19.2 Å². The number of nitrogens with zero attached hydrogens (tertiary/aromatic N) is 2. The third-order valence-corrected chi connectivity index (χ3v) is 3.18. The number of imidazole rings is 1. The number of hydrogen-bond donors (Lipinski definition) is 1. The largest absolute Gasteiger partial charge is 0.478 e. The molecule has 1 aromatic carbocycles. The fraction of sp³-hybridized carbons (Fsp3) is 0.400. The maximum absolute atomic E-state index is 11.6. The van der Waals surface area contributed by atoms with Crippen LogP contribution in [-0.2, 0) is 21.5 Å². The molecule has 6 heteroatoms. The highest BCUT2D eigenvalue weighted by molar-refractivity contribution is 5.92. The van der Waals surface area contributed by atoms with Crippen molar-refractivity contribution in [1.29, 1.82) is 0 Å². The molecular weight excluding hydrogens is 272 g/mol. The van der Waals surface area contributed by atoms with Crippen LogP contribution in [-0.4, -0.2) is 33.7 Å². The number of benzene rings is 1. The first kappa shape index (κ1) is 15.0. The van der Waals surface area contributed by atoms with Gasteiger partial charge >= 0.3 is 11.9 Å². The van der Waals surface area contributed by atoms with E-state index in [4.69, 9.17) is 9.84 Å². The summed E-state index contributed by atoms with van der Waals surface area (Å²) < 4.78 is 6.43. The summed E-state index contributed by atoms with van der Waals surface area (Å²) in [4.78, 5) is 27.3. The molecule has 0 saturated heterocycles. The quantitative estimate of drug-likeness (QED) is 0.876. The fourth-order valence-electron chi connectivity index (χ4n) is 2.18. The van der Waals surface area contributed by atoms with E-state index in [1.54, 1.807) is 10.6 Å². The van der Waals surface area contributed by atoms with Gasteiger partial charge in [0.15, 0.2) is 0 Å². The zero-order chi connectivity index (χ0) is 15.8. The third kappa shape index (κ3) is 2.89. The van der Waals surface area contributed by atoms with Crippen LogP contribution in [0, 0.1) is 0 Å². The molecule has 0 aliphatic heterocycles. The number of aromatic carboxylic acids is 1. The van der Waals surface area contributed by atoms with Crippen LogP contribution in [0.25, 0.3) is 11.0 Å². The van der Waals surface area contributed by atoms with Gasteiger partial charge in [-0.2, -0.15) is 0 Å². The minimum atomic E-state index is -1.01. The molecule has 112 valence electrons. The van der Waals surface area contributed by atoms with Crippen molar-refractivity contribution in [1.82, 2.24) is 9.55 Å². The summed E-state index contributed by atoms with van der Waals surface area (Å²) in [6.45, 7) is 5.96. The Kier molecular flexibility index (Phi) is 3.72. The zero-order valence-corrected chi connectivity index (χ0v) is 12.5. The minimum absolute atomic E-state index is 0.00265. The van der Waals surface area contributed by atoms with E-state index >= 15 is 0 Å². The van der Waals surface area contributed by atoms with Gasteiger partial charge in [0.1, 0.15) is 12.4 Å². The molecule has 1 aromatic heterocycles. The number of esters is 1. The van der Waals surface area contributed by atoms with E-state index in [-0.39, 0.29) is 17.5 Å². The lowest BCUT2D eigenvalue weighted by atomic mass is 9.95. The molecule has 0 spiro atoms. The molecule has 1 heterocycles. The Balaban J connectivity index is 2.70. The number of carboxylic acid groups (broad SMARTS) is 1. The number of carbonyl (C=O) groups is 2. The van der Waals surface area contributed by atoms with Gasteiger partial charge in [-0.3, -0.25) is 4.79 Å². The lowest BCUT2D eigenvalue weighted by Crippen LogP contribution is -2.22. The number of aromatic nitrogens is 2. The number of carboxylic acids is 1. The standard InChI is InChI=1S/C15H18N2O4/c1-15(2,3)14-16-10-6-5-9(13(19)20)7-11(10)17(14)8-12(18)21-4/h5-7H,8H2,1-4H3,(H,19,20). The second kappa shape index (κ2) is 5.20. The van der Waals surface area contributed by atoms with Gasteiger partial charge in [-0.15, -0.1) is 0 Å². The number of hydrogen-bond acceptors (Lipinski definition) is 4. The first-order valence-electron chi connectivity index (χ1n) is 6.55. The molecule has 0 radical (unpaired) electrons. The number of fused-ring (bicyclic) bond motifs is 1. The second-order valence-corrected chi connectivity index (χ2v) is 5.86. The molecule has 0 unspecified atom stereocenters. The van der Waals surface area contributed by atoms with Crippen LogP contribution in [0.4, 0.5) is 0 Å². The molecule has 1 N–H and O–H groups in total. The summed E-state index contributed by atoms with van der Waals surface area (Å²) in [5, 5.41) is 9.11. The molecule has 6 nitrogen and oxygen atoms in total. The molecular formula is C15H18N2O4. The minimum Gasteiger partial charge on any atom is -0.478 e. The van der Waals surface area contributed by atoms with Crippen molar-refractivity contribution in [2.24, 2.45) is 0 Å². The Morgan fingerprint density at radius 3 is 2.52 bits per heavy atom. The van der Waals surface area contributed by atoms with E-state index in [2.05, 4.69) is 4.98 Å². The average molecular weight is 290 g/mol. The lowest BCUT2D eigenvalue weighted by Gasteiger charge is -2.19. The maximum Gasteiger partial charge on any atom is 0.335 e. The van der Waals surface area contributed by atoms with E-state index in [0.29, 0.717) is 16.9 Å². The molecule has 0 amide bonds. The Bertz CT molecular complexity index is 710. The average Bonchev–Trinajstić information content (AvgIpc) is 2.76. The Morgan fingerprint density at radius 2 is 2.00 bits per heavy atom. The maximum atomic E-state index is 11.6. The SMILES string of the molecule is COC(=O)Cn1c(C(C)(C)C)nc2ccc(C(=O)O)cc21. The lowest BCUT2D eigenvalue weighted by molar-refractivity contribution is -0.141. The summed E-state index contributed by atoms with van der Waals surface area (Å²) in [5.74, 6) is -0.703. The first-order valence-corrected chi connectivity index (χ1v) is 6.55. The van der Waals surface area contributed by atoms with Crippen LogP contribution in [0.1, 0.15) is 37.0 Å². The van der Waals surface area contributed by atoms with Crippen LogP contribution in [0.15, 0.2) is 18.2 Å². The van der Waals surface area contributed by atoms with Crippen molar-refractivity contribution in [2.45, 2.75) is 32.7 Å². The van der Waals surface area contributed by atoms with Crippen molar-refractivity contribution in [3.8, 4) is 0 Å². The monoisotopic (exact) mass is 290 g/mol. The number of carbonyl (C=O) groups excluding carboxylic acids is 1. The van der Waals surface area contributed by atoms with Crippen molar-refractivity contribution in [2.75, 3.05) is 7.11 Å². The molecule has 2 rings (SSSR count). The highest BCUT2D eigenvalue weighted by Gasteiger charge is 2.24. The highest BCUT2D eigenvalue weighted by atomic mass is 16.5. The molecule has 0 saturated carbocycles. The van der Waals surface area contributed by atoms with Crippen LogP contribution in [0.5, 0.6) is 0 Å². The normalized spacial score (nSPS) is 11.6. The van der Waals surface area contributed by atoms with E-state index in [0.717, 1.165) is 0 Å². The van der Waals surface area contributed by atoms with E-state index in [1.807, 2.05) is 20.8 Å². The highest BCUT2D eigenvalue weighted by Crippen LogP contribution is 2.27. The van der Waals surface area contributed by atoms with Gasteiger partial charge in [0, 0.05) is 5.41 Å². The van der Waals surface area contributed by atoms with Gasteiger partial charge in [0.2, 0.25) is 0 Å². The fourth-order valence-corrected chi connectivity index (χ4v) is 2.18. The summed E-state index contributed by atoms with van der Waals surface area (Å²) in [7, 11) is 1.32. The van der Waals surface area contributed by atoms with Gasteiger partial charge in [-0.25, -0.2) is 9.78 Å². The first-order chi connectivity index (χ1) is 9.74. The van der Waals surface area contributed by atoms with Gasteiger partial charge in [-0.05, 0) is 18.2 Å². The van der Waals surface area contributed by atoms with Crippen LogP contribution in [0.2, 0.25) is 0 Å². The Morgan fingerprint density at radius 1 is 1.33 bits per heavy atom. The second-order valence-electron chi connectivity index (χ2n) is 5.86. The zero-order valence-electron chi connectivity index (χ0n) is 12.5. The summed E-state index contributed by atoms with van der Waals surface area (Å²) in [6.07, 6.45) is 0. The predicted molar refractivity (Wildman–Crippen MR) is 77.4 cm³/mol. The van der Waals surface area contributed by atoms with Crippen LogP contribution < -0.4 is 0 Å². The van der Waals surface area contributed by atoms with Crippen molar-refractivity contribution < 1.29 is 19.4 Å². The predicted octanol–water partition coefficient (Wildman–Crippen LogP) is 2.21. The molecule has 0 fully saturated rings. The van der Waals surface area contributed by atoms with E-state index < -0.39 is 11.9 Å². The van der Waals surface area contributed by atoms with Crippen molar-refractivity contribution >= 4 is 23.0 Å². The molecule has 21 heavy (non-hydrogen) atoms. The third-order valence-electron chi connectivity index (χ3n) is 3.18. The molecule has 0 aliphatic carbocycles. The van der Waals surface area contributed by atoms with Crippen molar-refractivity contribution in [3.05, 3.63) is 29.6 Å². The molecule has 0 aliphatic rings. The molecule has 2 aromatic rings. The number of ether oxygens (including phenoxy) is 1. The summed E-state index contributed by atoms with van der Waals surface area (Å²) >= 11 is 0. The van der Waals surface area contributed by atoms with Crippen LogP contribution >= 0.6 is 0 Å². The Hall–Kier alpha value is -2.37. The number of methoxy groups -OCH3 is 1. The number of rotatable bonds is 3. The van der Waals surface area contributed by atoms with Gasteiger partial charge in [0.25, 0.3) is 0 Å². The Labute approximate surface area is 122 Å². The summed E-state index contributed by atoms with van der Waals surface area (Å²) in [6, 6.07) is 4.69. The van der Waals surface area contributed by atoms with Crippen LogP contribution in [0.3, 0.4) is 0 Å². The molecule has 0 atom stereocenters. The smallest absolute Gasteiger partial charge is 0.335 e. The molecule has 0 bridgehead atoms. The topological polar surface area (TPSA) is 81.4 Å². The van der Waals surface area contributed by atoms with Gasteiger partial charge in [0.05, 0.1) is 23.7 Å². The van der Waals surface area contributed by atoms with Gasteiger partial charge < -0.3 is 14.4 Å². The summed E-state index contributed by atoms with van der Waals surface area (Å²) in [5.41, 5.74) is 1.16.